The highest BCUT2D eigenvalue weighted by molar-refractivity contribution is 6.03. The molecule has 0 heterocycles. The predicted octanol–water partition coefficient (Wildman–Crippen LogP) is 4.09. The van der Waals surface area contributed by atoms with Gasteiger partial charge in [0.15, 0.2) is 0 Å². The molecule has 3 rings (SSSR count). The van der Waals surface area contributed by atoms with Crippen LogP contribution in [-0.4, -0.2) is 18.4 Å². The van der Waals surface area contributed by atoms with Gasteiger partial charge in [-0.1, -0.05) is 42.5 Å². The summed E-state index contributed by atoms with van der Waals surface area (Å²) in [6.07, 6.45) is 1.82. The molecule has 0 fully saturated rings. The summed E-state index contributed by atoms with van der Waals surface area (Å²) < 4.78 is 5.46. The number of methoxy groups -OCH3 is 1. The second-order valence-electron chi connectivity index (χ2n) is 4.99. The van der Waals surface area contributed by atoms with E-state index >= 15 is 0 Å². The lowest BCUT2D eigenvalue weighted by molar-refractivity contribution is 0.282. The Morgan fingerprint density at radius 2 is 1.91 bits per heavy atom. The number of aliphatic hydroxyl groups excluding tert-OH is 1. The van der Waals surface area contributed by atoms with Crippen LogP contribution in [-0.2, 0) is 6.61 Å². The number of hydrogen-bond acceptors (Lipinski definition) is 3. The van der Waals surface area contributed by atoms with Crippen LogP contribution in [0.2, 0.25) is 0 Å². The van der Waals surface area contributed by atoms with Crippen molar-refractivity contribution in [3.63, 3.8) is 0 Å². The first-order valence-corrected chi connectivity index (χ1v) is 7.11. The van der Waals surface area contributed by atoms with Crippen LogP contribution in [0.1, 0.15) is 11.1 Å². The molecule has 22 heavy (non-hydrogen) atoms. The largest absolute Gasteiger partial charge is 0.496 e. The maximum atomic E-state index is 9.20. The van der Waals surface area contributed by atoms with E-state index in [1.54, 1.807) is 7.11 Å². The van der Waals surface area contributed by atoms with Gasteiger partial charge in [0.05, 0.1) is 19.4 Å². The van der Waals surface area contributed by atoms with E-state index < -0.39 is 0 Å². The van der Waals surface area contributed by atoms with Crippen molar-refractivity contribution in [1.29, 1.82) is 0 Å². The van der Waals surface area contributed by atoms with Gasteiger partial charge >= 0.3 is 0 Å². The van der Waals surface area contributed by atoms with Crippen molar-refractivity contribution in [2.75, 3.05) is 7.11 Å². The van der Waals surface area contributed by atoms with E-state index in [1.165, 1.54) is 0 Å². The van der Waals surface area contributed by atoms with Gasteiger partial charge in [0, 0.05) is 11.8 Å². The molecule has 3 nitrogen and oxygen atoms in total. The summed E-state index contributed by atoms with van der Waals surface area (Å²) in [5, 5.41) is 11.4. The molecule has 3 aromatic carbocycles. The molecule has 0 radical (unpaired) electrons. The van der Waals surface area contributed by atoms with Gasteiger partial charge in [0.2, 0.25) is 0 Å². The van der Waals surface area contributed by atoms with Crippen LogP contribution in [0.15, 0.2) is 65.7 Å². The average Bonchev–Trinajstić information content (AvgIpc) is 2.59. The van der Waals surface area contributed by atoms with E-state index in [-0.39, 0.29) is 6.61 Å². The number of nitrogens with zero attached hydrogens (tertiary/aromatic N) is 1. The van der Waals surface area contributed by atoms with Crippen molar-refractivity contribution < 1.29 is 9.84 Å². The van der Waals surface area contributed by atoms with Gasteiger partial charge in [-0.05, 0) is 34.5 Å². The van der Waals surface area contributed by atoms with Crippen LogP contribution in [0, 0.1) is 0 Å². The van der Waals surface area contributed by atoms with Crippen LogP contribution in [0.4, 0.5) is 5.69 Å². The molecular formula is C19H17NO2. The molecule has 0 amide bonds. The fraction of sp³-hybridized carbons (Fsp3) is 0.105. The highest BCUT2D eigenvalue weighted by atomic mass is 16.5. The molecule has 0 atom stereocenters. The van der Waals surface area contributed by atoms with E-state index in [2.05, 4.69) is 17.1 Å². The van der Waals surface area contributed by atoms with Gasteiger partial charge in [-0.25, -0.2) is 0 Å². The van der Waals surface area contributed by atoms with Gasteiger partial charge in [-0.2, -0.15) is 0 Å². The maximum absolute atomic E-state index is 9.20. The highest BCUT2D eigenvalue weighted by Crippen LogP contribution is 2.27. The molecule has 0 saturated heterocycles. The van der Waals surface area contributed by atoms with E-state index in [0.29, 0.717) is 0 Å². The van der Waals surface area contributed by atoms with Crippen LogP contribution in [0.3, 0.4) is 0 Å². The zero-order valence-corrected chi connectivity index (χ0v) is 12.4. The van der Waals surface area contributed by atoms with Gasteiger partial charge in [-0.3, -0.25) is 4.99 Å². The van der Waals surface area contributed by atoms with Crippen molar-refractivity contribution in [1.82, 2.24) is 0 Å². The molecule has 1 N–H and O–H groups in total. The molecular weight excluding hydrogens is 274 g/mol. The van der Waals surface area contributed by atoms with Gasteiger partial charge in [0.25, 0.3) is 0 Å². The lowest BCUT2D eigenvalue weighted by atomic mass is 10.0. The fourth-order valence-corrected chi connectivity index (χ4v) is 2.46. The number of aliphatic imine (C=N–C) groups is 1. The van der Waals surface area contributed by atoms with Gasteiger partial charge in [0.1, 0.15) is 5.75 Å². The number of rotatable bonds is 4. The highest BCUT2D eigenvalue weighted by Gasteiger charge is 2.05. The normalized spacial score (nSPS) is 11.2. The second-order valence-corrected chi connectivity index (χ2v) is 4.99. The van der Waals surface area contributed by atoms with E-state index in [9.17, 15) is 5.11 Å². The van der Waals surface area contributed by atoms with Crippen molar-refractivity contribution in [3.8, 4) is 5.75 Å². The molecule has 0 aliphatic heterocycles. The Hall–Kier alpha value is -2.65. The minimum atomic E-state index is 0.0148. The molecule has 3 heteroatoms. The van der Waals surface area contributed by atoms with Crippen molar-refractivity contribution in [2.45, 2.75) is 6.61 Å². The summed E-state index contributed by atoms with van der Waals surface area (Å²) in [5.41, 5.74) is 2.61. The zero-order chi connectivity index (χ0) is 15.4. The standard InChI is InChI=1S/C19H17NO2/c1-22-19-10-9-15-6-2-3-8-17(15)18(19)12-20-16-7-4-5-14(11-16)13-21/h2-12,21H,13H2,1H3. The first kappa shape index (κ1) is 14.3. The quantitative estimate of drug-likeness (QED) is 0.736. The number of aliphatic hydroxyl groups is 1. The van der Waals surface area contributed by atoms with Gasteiger partial charge in [-0.15, -0.1) is 0 Å². The van der Waals surface area contributed by atoms with Crippen molar-refractivity contribution >= 4 is 22.7 Å². The summed E-state index contributed by atoms with van der Waals surface area (Å²) in [6, 6.07) is 19.7. The van der Waals surface area contributed by atoms with E-state index in [0.717, 1.165) is 33.3 Å². The van der Waals surface area contributed by atoms with Crippen LogP contribution >= 0.6 is 0 Å². The minimum absolute atomic E-state index is 0.0148. The summed E-state index contributed by atoms with van der Waals surface area (Å²) in [7, 11) is 1.66. The number of hydrogen-bond donors (Lipinski definition) is 1. The fourth-order valence-electron chi connectivity index (χ4n) is 2.46. The molecule has 0 saturated carbocycles. The minimum Gasteiger partial charge on any atom is -0.496 e. The Kier molecular flexibility index (Phi) is 4.17. The maximum Gasteiger partial charge on any atom is 0.128 e. The van der Waals surface area contributed by atoms with Crippen molar-refractivity contribution in [3.05, 3.63) is 71.8 Å². The predicted molar refractivity (Wildman–Crippen MR) is 90.1 cm³/mol. The lowest BCUT2D eigenvalue weighted by Crippen LogP contribution is -1.92. The monoisotopic (exact) mass is 291 g/mol. The van der Waals surface area contributed by atoms with E-state index in [1.807, 2.05) is 54.7 Å². The van der Waals surface area contributed by atoms with Crippen LogP contribution < -0.4 is 4.74 Å². The van der Waals surface area contributed by atoms with Gasteiger partial charge < -0.3 is 9.84 Å². The summed E-state index contributed by atoms with van der Waals surface area (Å²) in [6.45, 7) is 0.0148. The Balaban J connectivity index is 2.07. The smallest absolute Gasteiger partial charge is 0.128 e. The second kappa shape index (κ2) is 6.41. The Morgan fingerprint density at radius 1 is 1.05 bits per heavy atom. The Bertz CT molecular complexity index is 825. The third-order valence-electron chi connectivity index (χ3n) is 3.59. The van der Waals surface area contributed by atoms with Crippen LogP contribution in [0.5, 0.6) is 5.75 Å². The number of ether oxygens (including phenoxy) is 1. The third kappa shape index (κ3) is 2.85. The number of benzene rings is 3. The molecule has 110 valence electrons. The molecule has 3 aromatic rings. The first-order valence-electron chi connectivity index (χ1n) is 7.11. The first-order chi connectivity index (χ1) is 10.8. The summed E-state index contributed by atoms with van der Waals surface area (Å²) in [5.74, 6) is 0.792. The van der Waals surface area contributed by atoms with Crippen molar-refractivity contribution in [2.24, 2.45) is 4.99 Å². The zero-order valence-electron chi connectivity index (χ0n) is 12.4. The third-order valence-corrected chi connectivity index (χ3v) is 3.59. The summed E-state index contributed by atoms with van der Waals surface area (Å²) in [4.78, 5) is 4.53. The summed E-state index contributed by atoms with van der Waals surface area (Å²) >= 11 is 0. The molecule has 0 aromatic heterocycles. The molecule has 0 aliphatic rings. The van der Waals surface area contributed by atoms with Crippen LogP contribution in [0.25, 0.3) is 10.8 Å². The topological polar surface area (TPSA) is 41.8 Å². The SMILES string of the molecule is COc1ccc2ccccc2c1C=Nc1cccc(CO)c1. The number of fused-ring (bicyclic) bond motifs is 1. The molecule has 0 bridgehead atoms. The Morgan fingerprint density at radius 3 is 2.73 bits per heavy atom. The molecule has 0 unspecified atom stereocenters. The average molecular weight is 291 g/mol. The van der Waals surface area contributed by atoms with E-state index in [4.69, 9.17) is 4.74 Å². The lowest BCUT2D eigenvalue weighted by Gasteiger charge is -2.08. The Labute approximate surface area is 129 Å². The molecule has 0 spiro atoms. The molecule has 0 aliphatic carbocycles.